The van der Waals surface area contributed by atoms with E-state index < -0.39 is 10.0 Å². The summed E-state index contributed by atoms with van der Waals surface area (Å²) in [5, 5.41) is 12.1. The molecular weight excluding hydrogens is 438 g/mol. The van der Waals surface area contributed by atoms with Gasteiger partial charge in [-0.15, -0.1) is 0 Å². The number of rotatable bonds is 7. The Bertz CT molecular complexity index is 1270. The first-order valence-electron chi connectivity index (χ1n) is 10.6. The van der Waals surface area contributed by atoms with E-state index in [1.54, 1.807) is 26.4 Å². The maximum absolute atomic E-state index is 11.7. The van der Waals surface area contributed by atoms with Gasteiger partial charge in [-0.3, -0.25) is 5.01 Å². The van der Waals surface area contributed by atoms with Crippen LogP contribution in [-0.4, -0.2) is 28.3 Å². The monoisotopic (exact) mass is 465 g/mol. The van der Waals surface area contributed by atoms with Crippen LogP contribution in [0.25, 0.3) is 0 Å². The molecule has 8 heteroatoms. The lowest BCUT2D eigenvalue weighted by Crippen LogP contribution is -2.19. The second-order valence-electron chi connectivity index (χ2n) is 7.81. The number of aryl methyl sites for hydroxylation is 1. The molecule has 0 aromatic heterocycles. The number of benzene rings is 3. The molecule has 0 spiro atoms. The zero-order valence-electron chi connectivity index (χ0n) is 18.9. The van der Waals surface area contributed by atoms with E-state index in [4.69, 9.17) is 19.7 Å². The van der Waals surface area contributed by atoms with Crippen molar-refractivity contribution < 1.29 is 17.9 Å². The molecule has 2 N–H and O–H groups in total. The minimum atomic E-state index is -3.77. The normalized spacial score (nSPS) is 15.9. The van der Waals surface area contributed by atoms with Crippen molar-refractivity contribution in [3.63, 3.8) is 0 Å². The molecule has 7 nitrogen and oxygen atoms in total. The molecule has 4 rings (SSSR count). The van der Waals surface area contributed by atoms with Gasteiger partial charge in [-0.05, 0) is 59.5 Å². The topological polar surface area (TPSA) is 94.2 Å². The summed E-state index contributed by atoms with van der Waals surface area (Å²) >= 11 is 0. The third-order valence-electron chi connectivity index (χ3n) is 5.83. The predicted octanol–water partition coefficient (Wildman–Crippen LogP) is 4.27. The van der Waals surface area contributed by atoms with Gasteiger partial charge in [0.2, 0.25) is 10.0 Å². The van der Waals surface area contributed by atoms with E-state index in [-0.39, 0.29) is 10.9 Å². The third kappa shape index (κ3) is 4.72. The van der Waals surface area contributed by atoms with Crippen molar-refractivity contribution in [2.45, 2.75) is 30.7 Å². The Labute approximate surface area is 194 Å². The molecule has 3 aromatic carbocycles. The molecule has 1 aliphatic heterocycles. The van der Waals surface area contributed by atoms with Crippen LogP contribution in [0.15, 0.2) is 76.7 Å². The van der Waals surface area contributed by atoms with Gasteiger partial charge >= 0.3 is 0 Å². The Hall–Kier alpha value is -3.36. The molecule has 1 atom stereocenters. The van der Waals surface area contributed by atoms with Crippen molar-refractivity contribution in [3.8, 4) is 11.5 Å². The number of nitrogens with zero attached hydrogens (tertiary/aromatic N) is 2. The van der Waals surface area contributed by atoms with Gasteiger partial charge in [0.25, 0.3) is 0 Å². The Morgan fingerprint density at radius 3 is 2.21 bits per heavy atom. The number of hydrazone groups is 1. The number of primary sulfonamides is 1. The van der Waals surface area contributed by atoms with E-state index in [9.17, 15) is 8.42 Å². The van der Waals surface area contributed by atoms with Crippen LogP contribution in [0, 0.1) is 0 Å². The largest absolute Gasteiger partial charge is 0.493 e. The number of sulfonamides is 1. The van der Waals surface area contributed by atoms with Gasteiger partial charge in [0.15, 0.2) is 11.5 Å². The predicted molar refractivity (Wildman–Crippen MR) is 130 cm³/mol. The van der Waals surface area contributed by atoms with Crippen LogP contribution in [0.3, 0.4) is 0 Å². The number of ether oxygens (including phenoxy) is 2. The van der Waals surface area contributed by atoms with Crippen LogP contribution in [0.1, 0.15) is 36.1 Å². The highest BCUT2D eigenvalue weighted by molar-refractivity contribution is 7.89. The van der Waals surface area contributed by atoms with Crippen LogP contribution in [0.4, 0.5) is 5.69 Å². The molecule has 0 fully saturated rings. The van der Waals surface area contributed by atoms with Gasteiger partial charge in [0.05, 0.1) is 36.6 Å². The Morgan fingerprint density at radius 2 is 1.64 bits per heavy atom. The summed E-state index contributed by atoms with van der Waals surface area (Å²) in [6, 6.07) is 20.6. The lowest BCUT2D eigenvalue weighted by Gasteiger charge is -2.24. The van der Waals surface area contributed by atoms with Gasteiger partial charge in [0.1, 0.15) is 0 Å². The zero-order valence-corrected chi connectivity index (χ0v) is 19.7. The van der Waals surface area contributed by atoms with Gasteiger partial charge in [-0.25, -0.2) is 13.6 Å². The second-order valence-corrected chi connectivity index (χ2v) is 9.38. The van der Waals surface area contributed by atoms with Crippen molar-refractivity contribution in [3.05, 3.63) is 83.4 Å². The first-order valence-corrected chi connectivity index (χ1v) is 12.2. The molecule has 1 heterocycles. The standard InChI is InChI=1S/C25H27N3O4S/c1-4-17-5-7-18(8-6-17)22-16-23(19-9-14-24(31-2)25(15-19)32-3)28(27-22)20-10-12-21(13-11-20)33(26,29)30/h5-15,23H,4,16H2,1-3H3,(H2,26,29,30). The Kier molecular flexibility index (Phi) is 6.40. The van der Waals surface area contributed by atoms with Crippen molar-refractivity contribution in [1.29, 1.82) is 0 Å². The average Bonchev–Trinajstić information content (AvgIpc) is 3.28. The highest BCUT2D eigenvalue weighted by atomic mass is 32.2. The van der Waals surface area contributed by atoms with E-state index >= 15 is 0 Å². The van der Waals surface area contributed by atoms with Crippen molar-refractivity contribution >= 4 is 21.4 Å². The number of methoxy groups -OCH3 is 2. The molecule has 1 unspecified atom stereocenters. The number of nitrogens with two attached hydrogens (primary N) is 1. The summed E-state index contributed by atoms with van der Waals surface area (Å²) in [7, 11) is -0.558. The molecule has 3 aromatic rings. The first kappa shape index (κ1) is 22.8. The van der Waals surface area contributed by atoms with E-state index in [2.05, 4.69) is 31.2 Å². The van der Waals surface area contributed by atoms with E-state index in [1.165, 1.54) is 17.7 Å². The van der Waals surface area contributed by atoms with Crippen molar-refractivity contribution in [2.24, 2.45) is 10.2 Å². The lowest BCUT2D eigenvalue weighted by atomic mass is 9.97. The SMILES string of the molecule is CCc1ccc(C2=NN(c3ccc(S(N)(=O)=O)cc3)C(c3ccc(OC)c(OC)c3)C2)cc1. The Balaban J connectivity index is 1.75. The summed E-state index contributed by atoms with van der Waals surface area (Å²) < 4.78 is 34.3. The lowest BCUT2D eigenvalue weighted by molar-refractivity contribution is 0.354. The molecule has 0 saturated carbocycles. The van der Waals surface area contributed by atoms with Crippen molar-refractivity contribution in [1.82, 2.24) is 0 Å². The maximum atomic E-state index is 11.7. The smallest absolute Gasteiger partial charge is 0.238 e. The molecule has 0 saturated heterocycles. The van der Waals surface area contributed by atoms with Gasteiger partial charge in [-0.2, -0.15) is 5.10 Å². The molecule has 1 aliphatic rings. The summed E-state index contributed by atoms with van der Waals surface area (Å²) in [4.78, 5) is 0.0625. The minimum Gasteiger partial charge on any atom is -0.493 e. The van der Waals surface area contributed by atoms with Crippen LogP contribution >= 0.6 is 0 Å². The molecular formula is C25H27N3O4S. The molecule has 172 valence electrons. The van der Waals surface area contributed by atoms with Gasteiger partial charge in [0, 0.05) is 6.42 Å². The third-order valence-corrected chi connectivity index (χ3v) is 6.76. The minimum absolute atomic E-state index is 0.0625. The van der Waals surface area contributed by atoms with Crippen LogP contribution < -0.4 is 19.6 Å². The average molecular weight is 466 g/mol. The van der Waals surface area contributed by atoms with Crippen LogP contribution in [0.2, 0.25) is 0 Å². The first-order chi connectivity index (χ1) is 15.8. The fourth-order valence-corrected chi connectivity index (χ4v) is 4.48. The van der Waals surface area contributed by atoms with Gasteiger partial charge < -0.3 is 9.47 Å². The second kappa shape index (κ2) is 9.25. The van der Waals surface area contributed by atoms with Gasteiger partial charge in [-0.1, -0.05) is 37.3 Å². The number of anilines is 1. The zero-order chi connectivity index (χ0) is 23.6. The van der Waals surface area contributed by atoms with E-state index in [1.807, 2.05) is 23.2 Å². The Morgan fingerprint density at radius 1 is 0.970 bits per heavy atom. The molecule has 0 radical (unpaired) electrons. The molecule has 0 bridgehead atoms. The molecule has 0 aliphatic carbocycles. The molecule has 33 heavy (non-hydrogen) atoms. The maximum Gasteiger partial charge on any atom is 0.238 e. The molecule has 0 amide bonds. The highest BCUT2D eigenvalue weighted by Gasteiger charge is 2.31. The van der Waals surface area contributed by atoms with Crippen LogP contribution in [-0.2, 0) is 16.4 Å². The van der Waals surface area contributed by atoms with Crippen LogP contribution in [0.5, 0.6) is 11.5 Å². The summed E-state index contributed by atoms with van der Waals surface area (Å²) in [6.07, 6.45) is 1.65. The number of hydrogen-bond acceptors (Lipinski definition) is 6. The quantitative estimate of drug-likeness (QED) is 0.562. The van der Waals surface area contributed by atoms with Crippen molar-refractivity contribution in [2.75, 3.05) is 19.2 Å². The highest BCUT2D eigenvalue weighted by Crippen LogP contribution is 2.40. The number of hydrogen-bond donors (Lipinski definition) is 1. The van der Waals surface area contributed by atoms with E-state index in [0.717, 1.165) is 28.9 Å². The fraction of sp³-hybridized carbons (Fsp3) is 0.240. The fourth-order valence-electron chi connectivity index (χ4n) is 3.96. The van der Waals surface area contributed by atoms with E-state index in [0.29, 0.717) is 17.9 Å². The summed E-state index contributed by atoms with van der Waals surface area (Å²) in [5.41, 5.74) is 5.05. The summed E-state index contributed by atoms with van der Waals surface area (Å²) in [5.74, 6) is 1.29. The summed E-state index contributed by atoms with van der Waals surface area (Å²) in [6.45, 7) is 2.13.